The van der Waals surface area contributed by atoms with Crippen molar-refractivity contribution < 1.29 is 9.90 Å². The maximum atomic E-state index is 11.3. The van der Waals surface area contributed by atoms with Crippen LogP contribution in [0, 0.1) is 5.92 Å². The molecule has 1 aliphatic rings. The highest BCUT2D eigenvalue weighted by atomic mass is 16.4. The van der Waals surface area contributed by atoms with E-state index < -0.39 is 5.97 Å². The molecule has 110 valence electrons. The van der Waals surface area contributed by atoms with Crippen molar-refractivity contribution in [2.75, 3.05) is 17.7 Å². The van der Waals surface area contributed by atoms with E-state index in [-0.39, 0.29) is 5.56 Å². The number of hydrogen-bond acceptors (Lipinski definition) is 4. The molecular weight excluding hydrogens is 254 g/mol. The zero-order valence-electron chi connectivity index (χ0n) is 12.2. The summed E-state index contributed by atoms with van der Waals surface area (Å²) >= 11 is 0. The molecule has 0 aromatic carbocycles. The highest BCUT2D eigenvalue weighted by Crippen LogP contribution is 2.31. The molecule has 1 heterocycles. The molecule has 0 amide bonds. The van der Waals surface area contributed by atoms with Crippen molar-refractivity contribution in [3.8, 4) is 0 Å². The van der Waals surface area contributed by atoms with E-state index in [1.165, 1.54) is 31.5 Å². The molecule has 0 aliphatic heterocycles. The van der Waals surface area contributed by atoms with Crippen LogP contribution in [-0.4, -0.2) is 29.1 Å². The van der Waals surface area contributed by atoms with Gasteiger partial charge in [-0.05, 0) is 37.7 Å². The average Bonchev–Trinajstić information content (AvgIpc) is 2.46. The molecule has 1 aliphatic carbocycles. The Labute approximate surface area is 119 Å². The highest BCUT2D eigenvalue weighted by molar-refractivity contribution is 5.94. The van der Waals surface area contributed by atoms with Gasteiger partial charge in [0.15, 0.2) is 0 Å². The SMILES string of the molecule is CCC1CCC(N(C)c2ncc(N)cc2C(=O)O)CC1. The molecule has 0 spiro atoms. The van der Waals surface area contributed by atoms with Crippen LogP contribution in [0.4, 0.5) is 11.5 Å². The van der Waals surface area contributed by atoms with E-state index in [0.29, 0.717) is 17.5 Å². The minimum Gasteiger partial charge on any atom is -0.478 e. The third-order valence-corrected chi connectivity index (χ3v) is 4.39. The first-order valence-electron chi connectivity index (χ1n) is 7.24. The average molecular weight is 277 g/mol. The van der Waals surface area contributed by atoms with Gasteiger partial charge in [0.1, 0.15) is 11.4 Å². The van der Waals surface area contributed by atoms with Crippen molar-refractivity contribution in [3.05, 3.63) is 17.8 Å². The topological polar surface area (TPSA) is 79.5 Å². The van der Waals surface area contributed by atoms with Crippen molar-refractivity contribution in [2.24, 2.45) is 5.92 Å². The summed E-state index contributed by atoms with van der Waals surface area (Å²) in [7, 11) is 1.93. The molecule has 20 heavy (non-hydrogen) atoms. The van der Waals surface area contributed by atoms with E-state index in [1.54, 1.807) is 0 Å². The first kappa shape index (κ1) is 14.6. The van der Waals surface area contributed by atoms with Gasteiger partial charge >= 0.3 is 5.97 Å². The molecule has 5 heteroatoms. The van der Waals surface area contributed by atoms with E-state index in [9.17, 15) is 9.90 Å². The molecule has 5 nitrogen and oxygen atoms in total. The summed E-state index contributed by atoms with van der Waals surface area (Å²) in [6, 6.07) is 1.85. The minimum atomic E-state index is -0.978. The predicted octanol–water partition coefficient (Wildman–Crippen LogP) is 2.77. The van der Waals surface area contributed by atoms with Gasteiger partial charge in [-0.3, -0.25) is 0 Å². The van der Waals surface area contributed by atoms with Crippen molar-refractivity contribution in [3.63, 3.8) is 0 Å². The van der Waals surface area contributed by atoms with Gasteiger partial charge in [0.25, 0.3) is 0 Å². The number of hydrogen-bond donors (Lipinski definition) is 2. The lowest BCUT2D eigenvalue weighted by Gasteiger charge is -2.35. The van der Waals surface area contributed by atoms with Gasteiger partial charge in [-0.25, -0.2) is 9.78 Å². The third kappa shape index (κ3) is 3.03. The Morgan fingerprint density at radius 3 is 2.65 bits per heavy atom. The maximum absolute atomic E-state index is 11.3. The maximum Gasteiger partial charge on any atom is 0.339 e. The number of aromatic nitrogens is 1. The first-order valence-corrected chi connectivity index (χ1v) is 7.24. The second-order valence-electron chi connectivity index (χ2n) is 5.64. The Morgan fingerprint density at radius 2 is 2.10 bits per heavy atom. The number of nitrogens with two attached hydrogens (primary N) is 1. The number of aromatic carboxylic acids is 1. The van der Waals surface area contributed by atoms with E-state index >= 15 is 0 Å². The summed E-state index contributed by atoms with van der Waals surface area (Å²) in [5.74, 6) is 0.360. The molecular formula is C15H23N3O2. The largest absolute Gasteiger partial charge is 0.478 e. The zero-order valence-corrected chi connectivity index (χ0v) is 12.2. The summed E-state index contributed by atoms with van der Waals surface area (Å²) in [6.45, 7) is 2.23. The number of rotatable bonds is 4. The Hall–Kier alpha value is -1.78. The number of carboxylic acids is 1. The quantitative estimate of drug-likeness (QED) is 0.884. The van der Waals surface area contributed by atoms with Gasteiger partial charge in [0.05, 0.1) is 11.9 Å². The van der Waals surface area contributed by atoms with Crippen LogP contribution in [0.15, 0.2) is 12.3 Å². The van der Waals surface area contributed by atoms with Crippen LogP contribution in [0.5, 0.6) is 0 Å². The minimum absolute atomic E-state index is 0.185. The normalized spacial score (nSPS) is 22.5. The Kier molecular flexibility index (Phi) is 4.47. The van der Waals surface area contributed by atoms with Crippen LogP contribution < -0.4 is 10.6 Å². The monoisotopic (exact) mass is 277 g/mol. The standard InChI is InChI=1S/C15H23N3O2/c1-3-10-4-6-12(7-5-10)18(2)14-13(15(19)20)8-11(16)9-17-14/h8-10,12H,3-7,16H2,1-2H3,(H,19,20). The molecule has 3 N–H and O–H groups in total. The van der Waals surface area contributed by atoms with E-state index in [4.69, 9.17) is 5.73 Å². The lowest BCUT2D eigenvalue weighted by molar-refractivity contribution is 0.0697. The Morgan fingerprint density at radius 1 is 1.45 bits per heavy atom. The fourth-order valence-corrected chi connectivity index (χ4v) is 3.03. The van der Waals surface area contributed by atoms with Gasteiger partial charge in [-0.2, -0.15) is 0 Å². The van der Waals surface area contributed by atoms with Crippen molar-refractivity contribution >= 4 is 17.5 Å². The van der Waals surface area contributed by atoms with Crippen molar-refractivity contribution in [2.45, 2.75) is 45.1 Å². The number of anilines is 2. The molecule has 0 unspecified atom stereocenters. The smallest absolute Gasteiger partial charge is 0.339 e. The number of carboxylic acid groups (broad SMARTS) is 1. The van der Waals surface area contributed by atoms with Crippen LogP contribution in [0.3, 0.4) is 0 Å². The van der Waals surface area contributed by atoms with Gasteiger partial charge < -0.3 is 15.7 Å². The summed E-state index contributed by atoms with van der Waals surface area (Å²) in [5.41, 5.74) is 6.20. The second kappa shape index (κ2) is 6.11. The van der Waals surface area contributed by atoms with Crippen LogP contribution in [-0.2, 0) is 0 Å². The van der Waals surface area contributed by atoms with Crippen LogP contribution in [0.2, 0.25) is 0 Å². The van der Waals surface area contributed by atoms with E-state index in [0.717, 1.165) is 18.8 Å². The summed E-state index contributed by atoms with van der Waals surface area (Å²) in [6.07, 6.45) is 7.37. The first-order chi connectivity index (χ1) is 9.52. The van der Waals surface area contributed by atoms with Crippen LogP contribution in [0.25, 0.3) is 0 Å². The fourth-order valence-electron chi connectivity index (χ4n) is 3.03. The van der Waals surface area contributed by atoms with Crippen LogP contribution >= 0.6 is 0 Å². The molecule has 2 rings (SSSR count). The summed E-state index contributed by atoms with van der Waals surface area (Å²) < 4.78 is 0. The summed E-state index contributed by atoms with van der Waals surface area (Å²) in [5, 5.41) is 9.30. The number of carbonyl (C=O) groups is 1. The lowest BCUT2D eigenvalue weighted by Crippen LogP contribution is -2.36. The molecule has 0 radical (unpaired) electrons. The highest BCUT2D eigenvalue weighted by Gasteiger charge is 2.26. The zero-order chi connectivity index (χ0) is 14.7. The van der Waals surface area contributed by atoms with Gasteiger partial charge in [-0.1, -0.05) is 13.3 Å². The van der Waals surface area contributed by atoms with Gasteiger partial charge in [0, 0.05) is 13.1 Å². The van der Waals surface area contributed by atoms with Gasteiger partial charge in [-0.15, -0.1) is 0 Å². The molecule has 1 aromatic rings. The molecule has 1 saturated carbocycles. The van der Waals surface area contributed by atoms with Gasteiger partial charge in [0.2, 0.25) is 0 Å². The Bertz CT molecular complexity index is 482. The number of pyridine rings is 1. The molecule has 1 fully saturated rings. The van der Waals surface area contributed by atoms with E-state index in [1.807, 2.05) is 11.9 Å². The summed E-state index contributed by atoms with van der Waals surface area (Å²) in [4.78, 5) is 17.6. The van der Waals surface area contributed by atoms with Crippen molar-refractivity contribution in [1.82, 2.24) is 4.98 Å². The fraction of sp³-hybridized carbons (Fsp3) is 0.600. The molecule has 0 saturated heterocycles. The Balaban J connectivity index is 2.17. The predicted molar refractivity (Wildman–Crippen MR) is 80.0 cm³/mol. The van der Waals surface area contributed by atoms with Crippen LogP contribution in [0.1, 0.15) is 49.4 Å². The number of nitrogens with zero attached hydrogens (tertiary/aromatic N) is 2. The number of nitrogen functional groups attached to an aromatic ring is 1. The van der Waals surface area contributed by atoms with E-state index in [2.05, 4.69) is 11.9 Å². The molecule has 0 bridgehead atoms. The molecule has 1 aromatic heterocycles. The second-order valence-corrected chi connectivity index (χ2v) is 5.64. The third-order valence-electron chi connectivity index (χ3n) is 4.39. The molecule has 0 atom stereocenters. The lowest BCUT2D eigenvalue weighted by atomic mass is 9.84. The van der Waals surface area contributed by atoms with Crippen molar-refractivity contribution in [1.29, 1.82) is 0 Å².